The number of anilines is 2. The number of amides is 2. The number of carbonyl (C=O) groups excluding carboxylic acids is 2. The fourth-order valence-corrected chi connectivity index (χ4v) is 4.39. The van der Waals surface area contributed by atoms with Crippen LogP contribution in [0, 0.1) is 11.7 Å². The predicted octanol–water partition coefficient (Wildman–Crippen LogP) is 3.93. The first-order valence-electron chi connectivity index (χ1n) is 10.5. The van der Waals surface area contributed by atoms with Gasteiger partial charge in [-0.1, -0.05) is 12.1 Å². The van der Waals surface area contributed by atoms with E-state index in [2.05, 4.69) is 15.4 Å². The molecular weight excluding hydrogens is 413 g/mol. The molecule has 2 aromatic heterocycles. The molecule has 1 saturated heterocycles. The minimum atomic E-state index is -0.573. The van der Waals surface area contributed by atoms with Crippen LogP contribution in [0.4, 0.5) is 20.7 Å². The fourth-order valence-electron chi connectivity index (χ4n) is 4.39. The van der Waals surface area contributed by atoms with Gasteiger partial charge in [-0.15, -0.1) is 5.10 Å². The van der Waals surface area contributed by atoms with Crippen LogP contribution < -0.4 is 10.2 Å². The maximum Gasteiger partial charge on any atom is 0.415 e. The molecule has 0 atom stereocenters. The number of nitrogens with zero attached hydrogens (tertiary/aromatic N) is 4. The third-order valence-electron chi connectivity index (χ3n) is 6.14. The Morgan fingerprint density at radius 1 is 1.16 bits per heavy atom. The van der Waals surface area contributed by atoms with Crippen LogP contribution in [0.3, 0.4) is 0 Å². The molecule has 9 heteroatoms. The second kappa shape index (κ2) is 8.07. The van der Waals surface area contributed by atoms with Gasteiger partial charge in [0.05, 0.1) is 18.4 Å². The van der Waals surface area contributed by atoms with Crippen molar-refractivity contribution in [1.29, 1.82) is 0 Å². The molecule has 1 aliphatic carbocycles. The number of rotatable bonds is 4. The summed E-state index contributed by atoms with van der Waals surface area (Å²) in [5.41, 5.74) is 0.448. The molecule has 1 aromatic carbocycles. The molecule has 1 aliphatic heterocycles. The minimum Gasteiger partial charge on any atom is -0.441 e. The number of pyridine rings is 1. The normalized spacial score (nSPS) is 22.7. The van der Waals surface area contributed by atoms with Crippen molar-refractivity contribution in [2.45, 2.75) is 31.3 Å². The molecule has 0 bridgehead atoms. The van der Waals surface area contributed by atoms with Crippen LogP contribution in [-0.4, -0.2) is 38.9 Å². The van der Waals surface area contributed by atoms with Crippen molar-refractivity contribution in [2.24, 2.45) is 5.92 Å². The zero-order chi connectivity index (χ0) is 22.1. The highest BCUT2D eigenvalue weighted by Gasteiger charge is 2.48. The number of ether oxygens (including phenoxy) is 1. The Morgan fingerprint density at radius 2 is 1.97 bits per heavy atom. The van der Waals surface area contributed by atoms with E-state index in [1.54, 1.807) is 53.8 Å². The van der Waals surface area contributed by atoms with Crippen LogP contribution in [0.15, 0.2) is 61.1 Å². The highest BCUT2D eigenvalue weighted by molar-refractivity contribution is 5.92. The molecule has 0 unspecified atom stereocenters. The summed E-state index contributed by atoms with van der Waals surface area (Å²) in [6.45, 7) is 0.457. The summed E-state index contributed by atoms with van der Waals surface area (Å²) in [6, 6.07) is 11.6. The highest BCUT2D eigenvalue weighted by atomic mass is 19.1. The van der Waals surface area contributed by atoms with Crippen molar-refractivity contribution in [1.82, 2.24) is 14.8 Å². The van der Waals surface area contributed by atoms with Crippen molar-refractivity contribution in [3.63, 3.8) is 0 Å². The van der Waals surface area contributed by atoms with Gasteiger partial charge in [0, 0.05) is 24.4 Å². The maximum absolute atomic E-state index is 14.0. The maximum atomic E-state index is 14.0. The van der Waals surface area contributed by atoms with Gasteiger partial charge >= 0.3 is 6.09 Å². The van der Waals surface area contributed by atoms with Gasteiger partial charge in [0.2, 0.25) is 5.91 Å². The van der Waals surface area contributed by atoms with Gasteiger partial charge in [0.15, 0.2) is 5.82 Å². The second-order valence-electron chi connectivity index (χ2n) is 8.21. The van der Waals surface area contributed by atoms with E-state index in [0.29, 0.717) is 49.4 Å². The summed E-state index contributed by atoms with van der Waals surface area (Å²) in [4.78, 5) is 30.8. The average Bonchev–Trinajstić information content (AvgIpc) is 3.39. The Bertz CT molecular complexity index is 1140. The molecule has 1 spiro atoms. The molecule has 32 heavy (non-hydrogen) atoms. The standard InChI is InChI=1S/C23H22FN5O3/c24-18-5-1-2-6-19(18)29-13-9-20(27-29)26-21(30)16-7-10-23(11-8-16)15-28(22(31)32-23)17-4-3-12-25-14-17/h1-6,9,12-14,16H,7-8,10-11,15H2,(H,26,27,30). The number of hydrogen-bond donors (Lipinski definition) is 1. The molecule has 2 fully saturated rings. The predicted molar refractivity (Wildman–Crippen MR) is 115 cm³/mol. The number of carbonyl (C=O) groups is 2. The number of aromatic nitrogens is 3. The molecule has 2 aliphatic rings. The monoisotopic (exact) mass is 435 g/mol. The van der Waals surface area contributed by atoms with Gasteiger partial charge in [-0.05, 0) is 49.9 Å². The van der Waals surface area contributed by atoms with E-state index >= 15 is 0 Å². The van der Waals surface area contributed by atoms with Crippen molar-refractivity contribution in [3.05, 3.63) is 66.9 Å². The third kappa shape index (κ3) is 3.81. The number of benzene rings is 1. The zero-order valence-corrected chi connectivity index (χ0v) is 17.3. The molecule has 3 heterocycles. The van der Waals surface area contributed by atoms with Gasteiger partial charge in [-0.25, -0.2) is 13.9 Å². The largest absolute Gasteiger partial charge is 0.441 e. The Morgan fingerprint density at radius 3 is 2.72 bits per heavy atom. The van der Waals surface area contributed by atoms with E-state index in [1.165, 1.54) is 10.7 Å². The van der Waals surface area contributed by atoms with Gasteiger partial charge in [-0.2, -0.15) is 0 Å². The lowest BCUT2D eigenvalue weighted by Gasteiger charge is -2.34. The van der Waals surface area contributed by atoms with Crippen molar-refractivity contribution < 1.29 is 18.7 Å². The number of nitrogens with one attached hydrogen (secondary N) is 1. The Labute approximate surface area is 184 Å². The molecule has 164 valence electrons. The SMILES string of the molecule is O=C(Nc1ccn(-c2ccccc2F)n1)C1CCC2(CC1)CN(c1cccnc1)C(=O)O2. The van der Waals surface area contributed by atoms with Gasteiger partial charge in [-0.3, -0.25) is 14.7 Å². The smallest absolute Gasteiger partial charge is 0.415 e. The molecular formula is C23H22FN5O3. The van der Waals surface area contributed by atoms with Crippen LogP contribution in [0.2, 0.25) is 0 Å². The van der Waals surface area contributed by atoms with E-state index in [-0.39, 0.29) is 17.9 Å². The first-order chi connectivity index (χ1) is 15.5. The van der Waals surface area contributed by atoms with E-state index in [0.717, 1.165) is 0 Å². The summed E-state index contributed by atoms with van der Waals surface area (Å²) in [5, 5.41) is 7.09. The van der Waals surface area contributed by atoms with Gasteiger partial charge < -0.3 is 10.1 Å². The lowest BCUT2D eigenvalue weighted by Crippen LogP contribution is -2.41. The topological polar surface area (TPSA) is 89.4 Å². The summed E-state index contributed by atoms with van der Waals surface area (Å²) < 4.78 is 21.1. The quantitative estimate of drug-likeness (QED) is 0.671. The second-order valence-corrected chi connectivity index (χ2v) is 8.21. The molecule has 0 radical (unpaired) electrons. The van der Waals surface area contributed by atoms with E-state index in [1.807, 2.05) is 6.07 Å². The lowest BCUT2D eigenvalue weighted by atomic mass is 9.78. The molecule has 8 nitrogen and oxygen atoms in total. The van der Waals surface area contributed by atoms with E-state index in [4.69, 9.17) is 4.74 Å². The lowest BCUT2D eigenvalue weighted by molar-refractivity contribution is -0.122. The number of hydrogen-bond acceptors (Lipinski definition) is 5. The summed E-state index contributed by atoms with van der Waals surface area (Å²) >= 11 is 0. The Hall–Kier alpha value is -3.75. The van der Waals surface area contributed by atoms with Crippen LogP contribution in [0.5, 0.6) is 0 Å². The molecule has 1 saturated carbocycles. The molecule has 2 amide bonds. The van der Waals surface area contributed by atoms with Crippen LogP contribution >= 0.6 is 0 Å². The number of para-hydroxylation sites is 1. The van der Waals surface area contributed by atoms with Crippen molar-refractivity contribution in [2.75, 3.05) is 16.8 Å². The van der Waals surface area contributed by atoms with Crippen molar-refractivity contribution >= 4 is 23.5 Å². The highest BCUT2D eigenvalue weighted by Crippen LogP contribution is 2.41. The minimum absolute atomic E-state index is 0.132. The third-order valence-corrected chi connectivity index (χ3v) is 6.14. The summed E-state index contributed by atoms with van der Waals surface area (Å²) in [5.74, 6) is -0.358. The van der Waals surface area contributed by atoms with E-state index < -0.39 is 11.4 Å². The number of halogens is 1. The van der Waals surface area contributed by atoms with Crippen LogP contribution in [0.1, 0.15) is 25.7 Å². The average molecular weight is 435 g/mol. The van der Waals surface area contributed by atoms with Crippen LogP contribution in [-0.2, 0) is 9.53 Å². The first-order valence-corrected chi connectivity index (χ1v) is 10.5. The molecule has 1 N–H and O–H groups in total. The van der Waals surface area contributed by atoms with E-state index in [9.17, 15) is 14.0 Å². The fraction of sp³-hybridized carbons (Fsp3) is 0.304. The first kappa shape index (κ1) is 20.2. The Kier molecular flexibility index (Phi) is 5.08. The summed E-state index contributed by atoms with van der Waals surface area (Å²) in [6.07, 6.45) is 6.95. The summed E-state index contributed by atoms with van der Waals surface area (Å²) in [7, 11) is 0. The molecule has 5 rings (SSSR count). The van der Waals surface area contributed by atoms with Crippen LogP contribution in [0.25, 0.3) is 5.69 Å². The van der Waals surface area contributed by atoms with Crippen molar-refractivity contribution in [3.8, 4) is 5.69 Å². The van der Waals surface area contributed by atoms with Gasteiger partial charge in [0.1, 0.15) is 17.1 Å². The Balaban J connectivity index is 1.20. The van der Waals surface area contributed by atoms with Gasteiger partial charge in [0.25, 0.3) is 0 Å². The zero-order valence-electron chi connectivity index (χ0n) is 17.3. The molecule has 3 aromatic rings.